The number of hydrogen-bond donors (Lipinski definition) is 0. The van der Waals surface area contributed by atoms with Gasteiger partial charge in [-0.25, -0.2) is 18.6 Å². The van der Waals surface area contributed by atoms with Crippen molar-refractivity contribution in [2.45, 2.75) is 12.8 Å². The highest BCUT2D eigenvalue weighted by Crippen LogP contribution is 2.35. The van der Waals surface area contributed by atoms with Crippen LogP contribution in [0.3, 0.4) is 0 Å². The Morgan fingerprint density at radius 2 is 2.00 bits per heavy atom. The van der Waals surface area contributed by atoms with E-state index in [1.807, 2.05) is 0 Å². The van der Waals surface area contributed by atoms with Crippen molar-refractivity contribution in [2.75, 3.05) is 7.11 Å². The zero-order chi connectivity index (χ0) is 14.8. The lowest BCUT2D eigenvalue weighted by molar-refractivity contribution is -0.275. The quantitative estimate of drug-likeness (QED) is 0.340. The van der Waals surface area contributed by atoms with Crippen LogP contribution >= 0.6 is 22.6 Å². The molecule has 0 unspecified atom stereocenters. The minimum atomic E-state index is -5.17. The largest absolute Gasteiger partial charge is 0.573 e. The fourth-order valence-corrected chi connectivity index (χ4v) is 1.70. The molecule has 106 valence electrons. The fraction of sp³-hybridized carbons (Fsp3) is 0.333. The van der Waals surface area contributed by atoms with Gasteiger partial charge >= 0.3 is 12.3 Å². The van der Waals surface area contributed by atoms with Crippen LogP contribution in [0.2, 0.25) is 0 Å². The van der Waals surface area contributed by atoms with Crippen molar-refractivity contribution in [1.29, 1.82) is 0 Å². The molecular formula is C9H5F5INO3. The molecule has 0 N–H and O–H groups in total. The highest BCUT2D eigenvalue weighted by Gasteiger charge is 2.36. The number of ether oxygens (including phenoxy) is 2. The van der Waals surface area contributed by atoms with Crippen molar-refractivity contribution in [3.05, 3.63) is 21.0 Å². The molecule has 0 amide bonds. The number of nitrogens with zero attached hydrogens (tertiary/aromatic N) is 1. The van der Waals surface area contributed by atoms with Crippen molar-refractivity contribution < 1.29 is 36.2 Å². The monoisotopic (exact) mass is 397 g/mol. The smallest absolute Gasteiger partial charge is 0.464 e. The molecule has 0 fully saturated rings. The first kappa shape index (κ1) is 15.9. The molecule has 0 saturated heterocycles. The van der Waals surface area contributed by atoms with Crippen LogP contribution in [0.25, 0.3) is 0 Å². The highest BCUT2D eigenvalue weighted by atomic mass is 127. The van der Waals surface area contributed by atoms with Gasteiger partial charge in [-0.3, -0.25) is 0 Å². The van der Waals surface area contributed by atoms with Crippen LogP contribution in [-0.2, 0) is 4.74 Å². The van der Waals surface area contributed by atoms with Crippen LogP contribution in [0.5, 0.6) is 5.75 Å². The van der Waals surface area contributed by atoms with Crippen LogP contribution in [0.1, 0.15) is 22.5 Å². The molecule has 1 rings (SSSR count). The molecule has 0 bridgehead atoms. The van der Waals surface area contributed by atoms with Crippen molar-refractivity contribution in [3.8, 4) is 5.75 Å². The van der Waals surface area contributed by atoms with Crippen LogP contribution < -0.4 is 4.74 Å². The maximum absolute atomic E-state index is 12.8. The summed E-state index contributed by atoms with van der Waals surface area (Å²) in [7, 11) is 0.892. The topological polar surface area (TPSA) is 48.4 Å². The Balaban J connectivity index is 3.44. The van der Waals surface area contributed by atoms with E-state index in [-0.39, 0.29) is 3.70 Å². The van der Waals surface area contributed by atoms with Gasteiger partial charge in [0.05, 0.1) is 12.7 Å². The molecule has 4 nitrogen and oxygen atoms in total. The molecule has 0 atom stereocenters. The summed E-state index contributed by atoms with van der Waals surface area (Å²) in [6.07, 6.45) is -8.54. The van der Waals surface area contributed by atoms with E-state index in [9.17, 15) is 26.7 Å². The molecular weight excluding hydrogens is 392 g/mol. The molecule has 0 spiro atoms. The van der Waals surface area contributed by atoms with Crippen molar-refractivity contribution >= 4 is 28.6 Å². The second-order valence-corrected chi connectivity index (χ2v) is 4.15. The molecule has 0 aliphatic rings. The first-order valence-corrected chi connectivity index (χ1v) is 5.56. The molecule has 19 heavy (non-hydrogen) atoms. The summed E-state index contributed by atoms with van der Waals surface area (Å²) in [4.78, 5) is 14.7. The number of halogens is 6. The number of rotatable bonds is 3. The average Bonchev–Trinajstić information content (AvgIpc) is 2.24. The SMILES string of the molecule is COC(=O)c1nc(I)cc(OC(F)(F)F)c1C(F)F. The molecule has 0 aliphatic heterocycles. The van der Waals surface area contributed by atoms with E-state index in [1.54, 1.807) is 0 Å². The average molecular weight is 397 g/mol. The molecule has 1 heterocycles. The van der Waals surface area contributed by atoms with Crippen molar-refractivity contribution in [3.63, 3.8) is 0 Å². The predicted molar refractivity (Wildman–Crippen MR) is 59.9 cm³/mol. The zero-order valence-corrected chi connectivity index (χ0v) is 11.3. The van der Waals surface area contributed by atoms with Gasteiger partial charge in [-0.05, 0) is 22.6 Å². The Kier molecular flexibility index (Phi) is 4.87. The van der Waals surface area contributed by atoms with E-state index < -0.39 is 35.8 Å². The number of pyridine rings is 1. The Morgan fingerprint density at radius 1 is 1.42 bits per heavy atom. The third-order valence-corrected chi connectivity index (χ3v) is 2.36. The molecule has 0 aliphatic carbocycles. The second kappa shape index (κ2) is 5.84. The maximum atomic E-state index is 12.8. The lowest BCUT2D eigenvalue weighted by Crippen LogP contribution is -2.20. The van der Waals surface area contributed by atoms with E-state index in [0.717, 1.165) is 7.11 Å². The molecule has 0 saturated carbocycles. The lowest BCUT2D eigenvalue weighted by atomic mass is 10.2. The van der Waals surface area contributed by atoms with Gasteiger partial charge in [0.1, 0.15) is 9.45 Å². The first-order chi connectivity index (χ1) is 8.65. The van der Waals surface area contributed by atoms with Gasteiger partial charge < -0.3 is 9.47 Å². The van der Waals surface area contributed by atoms with E-state index in [2.05, 4.69) is 14.5 Å². The Morgan fingerprint density at radius 3 is 2.42 bits per heavy atom. The van der Waals surface area contributed by atoms with Gasteiger partial charge in [-0.1, -0.05) is 0 Å². The van der Waals surface area contributed by atoms with E-state index in [0.29, 0.717) is 6.07 Å². The van der Waals surface area contributed by atoms with Gasteiger partial charge in [-0.2, -0.15) is 0 Å². The second-order valence-electron chi connectivity index (χ2n) is 3.05. The van der Waals surface area contributed by atoms with Crippen LogP contribution in [0.4, 0.5) is 22.0 Å². The maximum Gasteiger partial charge on any atom is 0.573 e. The van der Waals surface area contributed by atoms with E-state index >= 15 is 0 Å². The number of methoxy groups -OCH3 is 1. The summed E-state index contributed by atoms with van der Waals surface area (Å²) in [5, 5.41) is 0. The van der Waals surface area contributed by atoms with Gasteiger partial charge in [0.15, 0.2) is 5.69 Å². The Labute approximate surface area is 117 Å². The molecule has 0 radical (unpaired) electrons. The standard InChI is InChI=1S/C9H5F5INO3/c1-18-8(17)6-5(7(10)11)3(2-4(15)16-6)19-9(12,13)14/h2,7H,1H3. The third-order valence-electron chi connectivity index (χ3n) is 1.81. The summed E-state index contributed by atoms with van der Waals surface area (Å²) in [5.74, 6) is -2.46. The van der Waals surface area contributed by atoms with Crippen LogP contribution in [-0.4, -0.2) is 24.4 Å². The van der Waals surface area contributed by atoms with E-state index in [4.69, 9.17) is 0 Å². The zero-order valence-electron chi connectivity index (χ0n) is 9.09. The summed E-state index contributed by atoms with van der Waals surface area (Å²) in [6.45, 7) is 0. The molecule has 10 heteroatoms. The van der Waals surface area contributed by atoms with Gasteiger partial charge in [0.25, 0.3) is 6.43 Å². The number of carbonyl (C=O) groups excluding carboxylic acids is 1. The first-order valence-electron chi connectivity index (χ1n) is 4.48. The number of esters is 1. The number of hydrogen-bond acceptors (Lipinski definition) is 4. The summed E-state index contributed by atoms with van der Waals surface area (Å²) in [6, 6.07) is 0.655. The lowest BCUT2D eigenvalue weighted by Gasteiger charge is -2.15. The van der Waals surface area contributed by atoms with Crippen molar-refractivity contribution in [1.82, 2.24) is 4.98 Å². The van der Waals surface area contributed by atoms with Gasteiger partial charge in [0, 0.05) is 6.07 Å². The number of aromatic nitrogens is 1. The number of alkyl halides is 5. The van der Waals surface area contributed by atoms with E-state index in [1.165, 1.54) is 22.6 Å². The van der Waals surface area contributed by atoms with Crippen LogP contribution in [0, 0.1) is 3.70 Å². The highest BCUT2D eigenvalue weighted by molar-refractivity contribution is 14.1. The summed E-state index contributed by atoms with van der Waals surface area (Å²) >= 11 is 1.46. The van der Waals surface area contributed by atoms with Gasteiger partial charge in [0.2, 0.25) is 0 Å². The minimum absolute atomic E-state index is 0.123. The third kappa shape index (κ3) is 4.14. The summed E-state index contributed by atoms with van der Waals surface area (Å²) < 4.78 is 69.5. The normalized spacial score (nSPS) is 11.6. The minimum Gasteiger partial charge on any atom is -0.464 e. The molecule has 1 aromatic rings. The fourth-order valence-electron chi connectivity index (χ4n) is 1.17. The number of carbonyl (C=O) groups is 1. The van der Waals surface area contributed by atoms with Crippen molar-refractivity contribution in [2.24, 2.45) is 0 Å². The Bertz CT molecular complexity index is 491. The molecule has 0 aromatic carbocycles. The predicted octanol–water partition coefficient (Wildman–Crippen LogP) is 3.31. The van der Waals surface area contributed by atoms with Gasteiger partial charge in [-0.15, -0.1) is 13.2 Å². The van der Waals surface area contributed by atoms with Crippen LogP contribution in [0.15, 0.2) is 6.07 Å². The Hall–Kier alpha value is -1.20. The molecule has 1 aromatic heterocycles. The summed E-state index contributed by atoms with van der Waals surface area (Å²) in [5.41, 5.74) is -2.17.